The van der Waals surface area contributed by atoms with Crippen molar-refractivity contribution in [1.29, 1.82) is 0 Å². The zero-order chi connectivity index (χ0) is 23.7. The average molecular weight is 476 g/mol. The van der Waals surface area contributed by atoms with Gasteiger partial charge < -0.3 is 25.3 Å². The van der Waals surface area contributed by atoms with E-state index in [9.17, 15) is 9.59 Å². The predicted octanol–water partition coefficient (Wildman–Crippen LogP) is 4.40. The maximum absolute atomic E-state index is 12.8. The molecule has 9 heteroatoms. The van der Waals surface area contributed by atoms with Crippen molar-refractivity contribution in [3.63, 3.8) is 0 Å². The van der Waals surface area contributed by atoms with Crippen LogP contribution in [-0.2, 0) is 4.79 Å². The number of anilines is 1. The first kappa shape index (κ1) is 21.5. The third kappa shape index (κ3) is 4.44. The quantitative estimate of drug-likeness (QED) is 0.427. The normalized spacial score (nSPS) is 11.9. The largest absolute Gasteiger partial charge is 0.483 e. The highest BCUT2D eigenvalue weighted by Gasteiger charge is 2.17. The van der Waals surface area contributed by atoms with Crippen LogP contribution in [0.5, 0.6) is 17.2 Å². The number of benzene rings is 3. The first-order chi connectivity index (χ1) is 16.5. The van der Waals surface area contributed by atoms with Gasteiger partial charge in [-0.15, -0.1) is 0 Å². The van der Waals surface area contributed by atoms with Gasteiger partial charge >= 0.3 is 0 Å². The predicted molar refractivity (Wildman–Crippen MR) is 127 cm³/mol. The Kier molecular flexibility index (Phi) is 5.65. The monoisotopic (exact) mass is 475 g/mol. The number of hydrogen-bond donors (Lipinski definition) is 2. The number of amides is 2. The topological polar surface area (TPSA) is 113 Å². The fraction of sp³-hybridized carbons (Fsp3) is 0.0800. The highest BCUT2D eigenvalue weighted by atomic mass is 35.5. The first-order valence-electron chi connectivity index (χ1n) is 10.3. The van der Waals surface area contributed by atoms with Crippen molar-refractivity contribution in [3.8, 4) is 28.5 Å². The van der Waals surface area contributed by atoms with Crippen LogP contribution in [0.4, 0.5) is 5.69 Å². The molecule has 0 bridgehead atoms. The number of fused-ring (bicyclic) bond motifs is 2. The van der Waals surface area contributed by atoms with E-state index in [0.717, 1.165) is 5.56 Å². The number of halogens is 1. The number of hydrogen-bond acceptors (Lipinski definition) is 6. The van der Waals surface area contributed by atoms with E-state index in [4.69, 9.17) is 36.5 Å². The molecule has 0 radical (unpaired) electrons. The van der Waals surface area contributed by atoms with Crippen molar-refractivity contribution in [1.82, 2.24) is 4.98 Å². The number of ether oxygens (including phenoxy) is 3. The Morgan fingerprint density at radius 3 is 2.59 bits per heavy atom. The second-order valence-corrected chi connectivity index (χ2v) is 7.96. The van der Waals surface area contributed by atoms with Gasteiger partial charge in [-0.05, 0) is 48.5 Å². The van der Waals surface area contributed by atoms with Gasteiger partial charge in [0, 0.05) is 33.3 Å². The molecule has 0 spiro atoms. The standard InChI is InChI=1S/C25H18ClN3O5/c26-16-4-1-14(2-5-16)20-11-22(32-12-24(27)30)18-10-17(6-7-19(18)29-20)28-25(31)15-3-8-21-23(9-15)34-13-33-21/h1-11H,12-13H2,(H2,27,30)(H,28,31). The minimum atomic E-state index is -0.606. The Morgan fingerprint density at radius 1 is 1.00 bits per heavy atom. The Morgan fingerprint density at radius 2 is 1.79 bits per heavy atom. The van der Waals surface area contributed by atoms with Gasteiger partial charge in [-0.3, -0.25) is 9.59 Å². The molecule has 1 aliphatic rings. The van der Waals surface area contributed by atoms with Crippen LogP contribution in [0, 0.1) is 0 Å². The summed E-state index contributed by atoms with van der Waals surface area (Å²) in [4.78, 5) is 28.8. The number of nitrogens with one attached hydrogen (secondary N) is 1. The van der Waals surface area contributed by atoms with Gasteiger partial charge in [0.05, 0.1) is 11.2 Å². The van der Waals surface area contributed by atoms with Crippen molar-refractivity contribution >= 4 is 40.0 Å². The van der Waals surface area contributed by atoms with Crippen LogP contribution in [0.3, 0.4) is 0 Å². The molecule has 0 atom stereocenters. The minimum Gasteiger partial charge on any atom is -0.483 e. The third-order valence-electron chi connectivity index (χ3n) is 5.17. The SMILES string of the molecule is NC(=O)COc1cc(-c2ccc(Cl)cc2)nc2ccc(NC(=O)c3ccc4c(c3)OCO4)cc12. The summed E-state index contributed by atoms with van der Waals surface area (Å²) in [5.41, 5.74) is 8.32. The summed E-state index contributed by atoms with van der Waals surface area (Å²) in [6, 6.07) is 19.1. The van der Waals surface area contributed by atoms with Crippen LogP contribution >= 0.6 is 11.6 Å². The third-order valence-corrected chi connectivity index (χ3v) is 5.43. The molecule has 0 unspecified atom stereocenters. The molecule has 2 heterocycles. The fourth-order valence-corrected chi connectivity index (χ4v) is 3.68. The number of aromatic nitrogens is 1. The van der Waals surface area contributed by atoms with Crippen LogP contribution in [0.15, 0.2) is 66.7 Å². The molecule has 34 heavy (non-hydrogen) atoms. The number of pyridine rings is 1. The van der Waals surface area contributed by atoms with E-state index in [-0.39, 0.29) is 19.3 Å². The maximum Gasteiger partial charge on any atom is 0.255 e. The first-order valence-corrected chi connectivity index (χ1v) is 10.7. The van der Waals surface area contributed by atoms with Gasteiger partial charge in [-0.2, -0.15) is 0 Å². The van der Waals surface area contributed by atoms with E-state index in [1.165, 1.54) is 0 Å². The van der Waals surface area contributed by atoms with Crippen molar-refractivity contribution in [2.24, 2.45) is 5.73 Å². The highest BCUT2D eigenvalue weighted by Crippen LogP contribution is 2.34. The van der Waals surface area contributed by atoms with Crippen LogP contribution in [0.2, 0.25) is 5.02 Å². The molecule has 3 N–H and O–H groups in total. The molecule has 3 aromatic carbocycles. The average Bonchev–Trinajstić information content (AvgIpc) is 3.31. The van der Waals surface area contributed by atoms with Crippen molar-refractivity contribution in [2.75, 3.05) is 18.7 Å². The number of carbonyl (C=O) groups excluding carboxylic acids is 2. The Labute approximate surface area is 199 Å². The molecule has 0 fully saturated rings. The van der Waals surface area contributed by atoms with E-state index in [1.807, 2.05) is 12.1 Å². The fourth-order valence-electron chi connectivity index (χ4n) is 3.55. The molecule has 8 nitrogen and oxygen atoms in total. The molecule has 170 valence electrons. The van der Waals surface area contributed by atoms with Crippen LogP contribution in [0.1, 0.15) is 10.4 Å². The van der Waals surface area contributed by atoms with E-state index in [0.29, 0.717) is 50.1 Å². The zero-order valence-electron chi connectivity index (χ0n) is 17.7. The van der Waals surface area contributed by atoms with Gasteiger partial charge in [-0.1, -0.05) is 23.7 Å². The van der Waals surface area contributed by atoms with Crippen molar-refractivity contribution in [3.05, 3.63) is 77.3 Å². The summed E-state index contributed by atoms with van der Waals surface area (Å²) < 4.78 is 16.3. The summed E-state index contributed by atoms with van der Waals surface area (Å²) in [6.07, 6.45) is 0. The van der Waals surface area contributed by atoms with Crippen molar-refractivity contribution < 1.29 is 23.8 Å². The summed E-state index contributed by atoms with van der Waals surface area (Å²) in [7, 11) is 0. The number of primary amides is 1. The Balaban J connectivity index is 1.48. The molecular weight excluding hydrogens is 458 g/mol. The number of rotatable bonds is 6. The van der Waals surface area contributed by atoms with Gasteiger partial charge in [0.15, 0.2) is 18.1 Å². The van der Waals surface area contributed by atoms with Crippen LogP contribution in [0.25, 0.3) is 22.2 Å². The number of carbonyl (C=O) groups is 2. The highest BCUT2D eigenvalue weighted by molar-refractivity contribution is 6.30. The van der Waals surface area contributed by atoms with Crippen molar-refractivity contribution in [2.45, 2.75) is 0 Å². The Bertz CT molecular complexity index is 1420. The lowest BCUT2D eigenvalue weighted by Gasteiger charge is -2.13. The summed E-state index contributed by atoms with van der Waals surface area (Å²) in [5.74, 6) is 0.606. The molecule has 1 aliphatic heterocycles. The van der Waals surface area contributed by atoms with Crippen LogP contribution < -0.4 is 25.3 Å². The van der Waals surface area contributed by atoms with Crippen LogP contribution in [-0.4, -0.2) is 30.2 Å². The van der Waals surface area contributed by atoms with E-state index in [1.54, 1.807) is 54.6 Å². The maximum atomic E-state index is 12.8. The molecular formula is C25H18ClN3O5. The minimum absolute atomic E-state index is 0.129. The second-order valence-electron chi connectivity index (χ2n) is 7.52. The molecule has 4 aromatic rings. The van der Waals surface area contributed by atoms with E-state index < -0.39 is 5.91 Å². The van der Waals surface area contributed by atoms with E-state index in [2.05, 4.69) is 5.32 Å². The molecule has 0 aliphatic carbocycles. The molecule has 1 aromatic heterocycles. The summed E-state index contributed by atoms with van der Waals surface area (Å²) in [6.45, 7) is -0.170. The van der Waals surface area contributed by atoms with Gasteiger partial charge in [0.1, 0.15) is 5.75 Å². The smallest absolute Gasteiger partial charge is 0.255 e. The summed E-state index contributed by atoms with van der Waals surface area (Å²) in [5, 5.41) is 4.08. The molecule has 0 saturated carbocycles. The van der Waals surface area contributed by atoms with Gasteiger partial charge in [0.2, 0.25) is 6.79 Å². The lowest BCUT2D eigenvalue weighted by Crippen LogP contribution is -2.20. The molecule has 0 saturated heterocycles. The van der Waals surface area contributed by atoms with Gasteiger partial charge in [0.25, 0.3) is 11.8 Å². The van der Waals surface area contributed by atoms with Gasteiger partial charge in [-0.25, -0.2) is 4.98 Å². The lowest BCUT2D eigenvalue weighted by molar-refractivity contribution is -0.119. The van der Waals surface area contributed by atoms with E-state index >= 15 is 0 Å². The molecule has 5 rings (SSSR count). The second kappa shape index (κ2) is 8.92. The summed E-state index contributed by atoms with van der Waals surface area (Å²) >= 11 is 6.00. The zero-order valence-corrected chi connectivity index (χ0v) is 18.5. The lowest BCUT2D eigenvalue weighted by atomic mass is 10.1. The molecule has 2 amide bonds. The Hall–Kier alpha value is -4.30. The number of nitrogens with zero attached hydrogens (tertiary/aromatic N) is 1. The number of nitrogens with two attached hydrogens (primary N) is 1.